The van der Waals surface area contributed by atoms with Crippen LogP contribution < -0.4 is 4.90 Å². The minimum Gasteiger partial charge on any atom is -0.268 e. The van der Waals surface area contributed by atoms with E-state index in [9.17, 15) is 18.4 Å². The first-order valence-corrected chi connectivity index (χ1v) is 5.53. The van der Waals surface area contributed by atoms with Crippen molar-refractivity contribution in [1.29, 1.82) is 0 Å². The molecule has 0 radical (unpaired) electrons. The Morgan fingerprint density at radius 2 is 1.37 bits per heavy atom. The second kappa shape index (κ2) is 3.98. The van der Waals surface area contributed by atoms with Gasteiger partial charge < -0.3 is 0 Å². The van der Waals surface area contributed by atoms with Crippen LogP contribution in [-0.4, -0.2) is 11.8 Å². The molecule has 94 valence electrons. The number of carbonyl (C=O) groups excluding carboxylic acids is 2. The van der Waals surface area contributed by atoms with E-state index in [0.29, 0.717) is 4.90 Å². The van der Waals surface area contributed by atoms with E-state index >= 15 is 0 Å². The minimum atomic E-state index is -1.21. The number of rotatable bonds is 1. The van der Waals surface area contributed by atoms with Gasteiger partial charge in [0.05, 0.1) is 16.8 Å². The Morgan fingerprint density at radius 1 is 0.789 bits per heavy atom. The number of nitrogens with zero attached hydrogens (tertiary/aromatic N) is 1. The van der Waals surface area contributed by atoms with Crippen LogP contribution in [0.3, 0.4) is 0 Å². The number of fused-ring (bicyclic) bond motifs is 1. The molecule has 2 aromatic rings. The zero-order valence-corrected chi connectivity index (χ0v) is 9.56. The molecule has 1 aliphatic rings. The highest BCUT2D eigenvalue weighted by Gasteiger charge is 2.37. The Labute approximate surface area is 107 Å². The molecule has 5 heteroatoms. The van der Waals surface area contributed by atoms with Gasteiger partial charge in [0.15, 0.2) is 11.6 Å². The van der Waals surface area contributed by atoms with Gasteiger partial charge in [0.1, 0.15) is 0 Å². The highest BCUT2D eigenvalue weighted by molar-refractivity contribution is 6.34. The lowest BCUT2D eigenvalue weighted by Crippen LogP contribution is -2.30. The second-order valence-corrected chi connectivity index (χ2v) is 4.06. The summed E-state index contributed by atoms with van der Waals surface area (Å²) in [6.45, 7) is 0. The van der Waals surface area contributed by atoms with Crippen molar-refractivity contribution in [2.24, 2.45) is 0 Å². The molecule has 0 saturated heterocycles. The molecule has 2 aromatic carbocycles. The molecule has 2 amide bonds. The number of amides is 2. The first kappa shape index (κ1) is 11.5. The maximum atomic E-state index is 13.7. The summed E-state index contributed by atoms with van der Waals surface area (Å²) in [5, 5.41) is 0. The summed E-state index contributed by atoms with van der Waals surface area (Å²) >= 11 is 0. The van der Waals surface area contributed by atoms with E-state index in [2.05, 4.69) is 0 Å². The molecule has 1 aliphatic heterocycles. The van der Waals surface area contributed by atoms with Crippen LogP contribution in [0.2, 0.25) is 0 Å². The van der Waals surface area contributed by atoms with Crippen LogP contribution in [0, 0.1) is 11.6 Å². The van der Waals surface area contributed by atoms with Crippen LogP contribution in [0.15, 0.2) is 42.5 Å². The predicted octanol–water partition coefficient (Wildman–Crippen LogP) is 2.77. The van der Waals surface area contributed by atoms with Crippen LogP contribution in [0.5, 0.6) is 0 Å². The first-order chi connectivity index (χ1) is 9.11. The molecule has 0 aliphatic carbocycles. The first-order valence-electron chi connectivity index (χ1n) is 5.53. The van der Waals surface area contributed by atoms with Gasteiger partial charge in [-0.1, -0.05) is 18.2 Å². The van der Waals surface area contributed by atoms with Gasteiger partial charge in [0.2, 0.25) is 0 Å². The molecular formula is C14H7F2NO2. The molecule has 0 spiro atoms. The zero-order valence-electron chi connectivity index (χ0n) is 9.56. The number of carbonyl (C=O) groups is 2. The lowest BCUT2D eigenvalue weighted by Gasteiger charge is -2.14. The Morgan fingerprint density at radius 3 is 1.95 bits per heavy atom. The Bertz CT molecular complexity index is 677. The highest BCUT2D eigenvalue weighted by atomic mass is 19.2. The van der Waals surface area contributed by atoms with Crippen molar-refractivity contribution >= 4 is 17.5 Å². The fraction of sp³-hybridized carbons (Fsp3) is 0. The molecule has 0 saturated carbocycles. The number of hydrogen-bond donors (Lipinski definition) is 0. The van der Waals surface area contributed by atoms with Gasteiger partial charge in [-0.05, 0) is 24.3 Å². The number of imide groups is 1. The molecule has 0 unspecified atom stereocenters. The topological polar surface area (TPSA) is 37.4 Å². The summed E-state index contributed by atoms with van der Waals surface area (Å²) < 4.78 is 26.9. The molecule has 0 aromatic heterocycles. The lowest BCUT2D eigenvalue weighted by molar-refractivity contribution is 0.0924. The largest absolute Gasteiger partial charge is 0.268 e. The Kier molecular flexibility index (Phi) is 2.41. The number of benzene rings is 2. The van der Waals surface area contributed by atoms with Gasteiger partial charge in [-0.15, -0.1) is 0 Å². The lowest BCUT2D eigenvalue weighted by atomic mass is 10.1. The molecule has 3 rings (SSSR count). The van der Waals surface area contributed by atoms with Crippen LogP contribution in [0.1, 0.15) is 20.7 Å². The van der Waals surface area contributed by atoms with Gasteiger partial charge >= 0.3 is 0 Å². The number of halogens is 2. The summed E-state index contributed by atoms with van der Waals surface area (Å²) in [6.07, 6.45) is 0. The van der Waals surface area contributed by atoms with E-state index < -0.39 is 23.4 Å². The van der Waals surface area contributed by atoms with Crippen LogP contribution in [0.4, 0.5) is 14.5 Å². The maximum Gasteiger partial charge on any atom is 0.266 e. The van der Waals surface area contributed by atoms with Crippen molar-refractivity contribution in [3.63, 3.8) is 0 Å². The van der Waals surface area contributed by atoms with E-state index in [4.69, 9.17) is 0 Å². The van der Waals surface area contributed by atoms with Crippen molar-refractivity contribution in [1.82, 2.24) is 0 Å². The quantitative estimate of drug-likeness (QED) is 0.738. The number of hydrogen-bond acceptors (Lipinski definition) is 2. The molecule has 0 bridgehead atoms. The molecule has 3 nitrogen and oxygen atoms in total. The highest BCUT2D eigenvalue weighted by Crippen LogP contribution is 2.30. The average Bonchev–Trinajstić information content (AvgIpc) is 2.67. The van der Waals surface area contributed by atoms with Gasteiger partial charge in [-0.3, -0.25) is 9.59 Å². The van der Waals surface area contributed by atoms with Crippen LogP contribution in [0.25, 0.3) is 0 Å². The second-order valence-electron chi connectivity index (χ2n) is 4.06. The fourth-order valence-corrected chi connectivity index (χ4v) is 2.07. The van der Waals surface area contributed by atoms with Gasteiger partial charge in [-0.25, -0.2) is 13.7 Å². The third kappa shape index (κ3) is 1.55. The van der Waals surface area contributed by atoms with Crippen molar-refractivity contribution in [3.05, 3.63) is 65.2 Å². The molecule has 1 heterocycles. The van der Waals surface area contributed by atoms with E-state index in [1.807, 2.05) is 0 Å². The van der Waals surface area contributed by atoms with Crippen molar-refractivity contribution in [3.8, 4) is 0 Å². The van der Waals surface area contributed by atoms with Gasteiger partial charge in [-0.2, -0.15) is 0 Å². The standard InChI is InChI=1S/C14H7F2NO2/c15-10-6-3-7-11(12(10)16)17-13(18)8-4-1-2-5-9(8)14(17)19/h1-7H. The summed E-state index contributed by atoms with van der Waals surface area (Å²) in [7, 11) is 0. The molecule has 0 N–H and O–H groups in total. The normalized spacial score (nSPS) is 13.9. The monoisotopic (exact) mass is 259 g/mol. The van der Waals surface area contributed by atoms with Crippen LogP contribution >= 0.6 is 0 Å². The maximum absolute atomic E-state index is 13.7. The fourth-order valence-electron chi connectivity index (χ4n) is 2.07. The summed E-state index contributed by atoms with van der Waals surface area (Å²) in [4.78, 5) is 24.8. The number of anilines is 1. The van der Waals surface area contributed by atoms with Crippen LogP contribution in [-0.2, 0) is 0 Å². The van der Waals surface area contributed by atoms with Crippen molar-refractivity contribution in [2.45, 2.75) is 0 Å². The van der Waals surface area contributed by atoms with E-state index in [0.717, 1.165) is 6.07 Å². The SMILES string of the molecule is O=C1c2ccccc2C(=O)N1c1cccc(F)c1F. The summed E-state index contributed by atoms with van der Waals surface area (Å²) in [5.41, 5.74) is 0.0125. The molecular weight excluding hydrogens is 252 g/mol. The van der Waals surface area contributed by atoms with E-state index in [1.54, 1.807) is 12.1 Å². The average molecular weight is 259 g/mol. The van der Waals surface area contributed by atoms with Crippen molar-refractivity contribution < 1.29 is 18.4 Å². The van der Waals surface area contributed by atoms with E-state index in [1.165, 1.54) is 24.3 Å². The molecule has 0 atom stereocenters. The molecule has 0 fully saturated rings. The van der Waals surface area contributed by atoms with Gasteiger partial charge in [0.25, 0.3) is 11.8 Å². The molecule has 19 heavy (non-hydrogen) atoms. The van der Waals surface area contributed by atoms with Crippen molar-refractivity contribution in [2.75, 3.05) is 4.90 Å². The Hall–Kier alpha value is -2.56. The summed E-state index contributed by atoms with van der Waals surface area (Å²) in [5.74, 6) is -3.61. The smallest absolute Gasteiger partial charge is 0.266 e. The van der Waals surface area contributed by atoms with Gasteiger partial charge in [0, 0.05) is 0 Å². The third-order valence-electron chi connectivity index (χ3n) is 2.97. The summed E-state index contributed by atoms with van der Waals surface area (Å²) in [6, 6.07) is 9.54. The Balaban J connectivity index is 2.17. The third-order valence-corrected chi connectivity index (χ3v) is 2.97. The van der Waals surface area contributed by atoms with E-state index in [-0.39, 0.29) is 16.8 Å². The minimum absolute atomic E-state index is 0.191. The predicted molar refractivity (Wildman–Crippen MR) is 63.9 cm³/mol. The zero-order chi connectivity index (χ0) is 13.6.